The summed E-state index contributed by atoms with van der Waals surface area (Å²) < 4.78 is 6.90. The predicted molar refractivity (Wildman–Crippen MR) is 78.9 cm³/mol. The first-order chi connectivity index (χ1) is 9.15. The zero-order valence-corrected chi connectivity index (χ0v) is 12.3. The Morgan fingerprint density at radius 2 is 1.79 bits per heavy atom. The normalized spacial score (nSPS) is 10.9. The van der Waals surface area contributed by atoms with Crippen LogP contribution in [0.5, 0.6) is 0 Å². The molecule has 2 heterocycles. The molecule has 0 radical (unpaired) electrons. The molecule has 0 fully saturated rings. The Balaban J connectivity index is 2.02. The minimum Gasteiger partial charge on any atom is -0.453 e. The molecule has 3 rings (SSSR count). The topological polar surface area (TPSA) is 41.8 Å². The molecule has 0 bridgehead atoms. The summed E-state index contributed by atoms with van der Waals surface area (Å²) in [6, 6.07) is 11.9. The number of aromatic nitrogens is 2. The first kappa shape index (κ1) is 12.2. The van der Waals surface area contributed by atoms with E-state index in [0.29, 0.717) is 0 Å². The number of nitrogens with one attached hydrogen (secondary N) is 1. The second-order valence-corrected chi connectivity index (χ2v) is 5.29. The van der Waals surface area contributed by atoms with Crippen LogP contribution >= 0.6 is 15.9 Å². The van der Waals surface area contributed by atoms with E-state index in [1.54, 1.807) is 0 Å². The quantitative estimate of drug-likeness (QED) is 0.743. The fourth-order valence-corrected chi connectivity index (χ4v) is 2.42. The summed E-state index contributed by atoms with van der Waals surface area (Å²) in [5.74, 6) is 2.35. The SMILES string of the molecule is Cc1nc(-c2ccc(-c3ccccc3Br)o2)[nH]c1C. The van der Waals surface area contributed by atoms with E-state index < -0.39 is 0 Å². The number of aromatic amines is 1. The molecular formula is C15H13BrN2O. The maximum Gasteiger partial charge on any atom is 0.173 e. The van der Waals surface area contributed by atoms with Crippen molar-refractivity contribution in [2.45, 2.75) is 13.8 Å². The molecule has 19 heavy (non-hydrogen) atoms. The molecule has 0 aliphatic rings. The molecule has 4 heteroatoms. The Morgan fingerprint density at radius 3 is 2.47 bits per heavy atom. The molecule has 0 saturated heterocycles. The van der Waals surface area contributed by atoms with Gasteiger partial charge in [-0.2, -0.15) is 0 Å². The molecule has 0 aliphatic heterocycles. The summed E-state index contributed by atoms with van der Waals surface area (Å²) >= 11 is 3.53. The van der Waals surface area contributed by atoms with Gasteiger partial charge in [-0.25, -0.2) is 4.98 Å². The van der Waals surface area contributed by atoms with Gasteiger partial charge in [0.25, 0.3) is 0 Å². The Labute approximate surface area is 119 Å². The van der Waals surface area contributed by atoms with Crippen molar-refractivity contribution in [1.82, 2.24) is 9.97 Å². The van der Waals surface area contributed by atoms with E-state index in [1.165, 1.54) is 0 Å². The number of imidazole rings is 1. The summed E-state index contributed by atoms with van der Waals surface area (Å²) in [6.07, 6.45) is 0. The molecule has 0 atom stereocenters. The van der Waals surface area contributed by atoms with Crippen molar-refractivity contribution in [1.29, 1.82) is 0 Å². The van der Waals surface area contributed by atoms with Crippen LogP contribution in [-0.2, 0) is 0 Å². The van der Waals surface area contributed by atoms with Crippen LogP contribution < -0.4 is 0 Å². The molecule has 2 aromatic heterocycles. The van der Waals surface area contributed by atoms with Crippen molar-refractivity contribution in [2.75, 3.05) is 0 Å². The van der Waals surface area contributed by atoms with Crippen LogP contribution in [0.25, 0.3) is 22.9 Å². The van der Waals surface area contributed by atoms with Crippen molar-refractivity contribution in [3.8, 4) is 22.9 Å². The van der Waals surface area contributed by atoms with Crippen LogP contribution in [0.15, 0.2) is 45.3 Å². The largest absolute Gasteiger partial charge is 0.453 e. The molecule has 96 valence electrons. The Hall–Kier alpha value is -1.81. The van der Waals surface area contributed by atoms with Crippen molar-refractivity contribution in [3.05, 3.63) is 52.3 Å². The summed E-state index contributed by atoms with van der Waals surface area (Å²) in [5, 5.41) is 0. The zero-order chi connectivity index (χ0) is 13.4. The predicted octanol–water partition coefficient (Wildman–Crippen LogP) is 4.72. The lowest BCUT2D eigenvalue weighted by Crippen LogP contribution is -1.77. The maximum absolute atomic E-state index is 5.88. The Bertz CT molecular complexity index is 708. The van der Waals surface area contributed by atoms with E-state index in [1.807, 2.05) is 50.2 Å². The van der Waals surface area contributed by atoms with E-state index >= 15 is 0 Å². The lowest BCUT2D eigenvalue weighted by Gasteiger charge is -1.99. The molecular weight excluding hydrogens is 304 g/mol. The molecule has 0 saturated carbocycles. The van der Waals surface area contributed by atoms with Crippen molar-refractivity contribution in [3.63, 3.8) is 0 Å². The van der Waals surface area contributed by atoms with Crippen molar-refractivity contribution in [2.24, 2.45) is 0 Å². The second-order valence-electron chi connectivity index (χ2n) is 4.44. The smallest absolute Gasteiger partial charge is 0.173 e. The molecule has 3 nitrogen and oxygen atoms in total. The number of aryl methyl sites for hydroxylation is 2. The number of nitrogens with zero attached hydrogens (tertiary/aromatic N) is 1. The van der Waals surface area contributed by atoms with E-state index in [0.717, 1.165) is 38.8 Å². The molecule has 3 aromatic rings. The summed E-state index contributed by atoms with van der Waals surface area (Å²) in [7, 11) is 0. The third-order valence-electron chi connectivity index (χ3n) is 3.11. The number of H-pyrrole nitrogens is 1. The van der Waals surface area contributed by atoms with Gasteiger partial charge in [0, 0.05) is 15.7 Å². The molecule has 0 spiro atoms. The van der Waals surface area contributed by atoms with Crippen LogP contribution in [0, 0.1) is 13.8 Å². The number of hydrogen-bond donors (Lipinski definition) is 1. The van der Waals surface area contributed by atoms with Gasteiger partial charge in [0.15, 0.2) is 11.6 Å². The second kappa shape index (κ2) is 4.70. The third kappa shape index (κ3) is 2.24. The molecule has 0 amide bonds. The number of benzene rings is 1. The highest BCUT2D eigenvalue weighted by Crippen LogP contribution is 2.32. The van der Waals surface area contributed by atoms with Gasteiger partial charge in [-0.15, -0.1) is 0 Å². The summed E-state index contributed by atoms with van der Waals surface area (Å²) in [5.41, 5.74) is 3.09. The average molecular weight is 317 g/mol. The lowest BCUT2D eigenvalue weighted by molar-refractivity contribution is 0.592. The van der Waals surface area contributed by atoms with Crippen LogP contribution in [0.1, 0.15) is 11.4 Å². The molecule has 0 unspecified atom stereocenters. The lowest BCUT2D eigenvalue weighted by atomic mass is 10.2. The first-order valence-electron chi connectivity index (χ1n) is 6.03. The molecule has 1 N–H and O–H groups in total. The van der Waals surface area contributed by atoms with Crippen molar-refractivity contribution < 1.29 is 4.42 Å². The van der Waals surface area contributed by atoms with Crippen molar-refractivity contribution >= 4 is 15.9 Å². The molecule has 1 aromatic carbocycles. The third-order valence-corrected chi connectivity index (χ3v) is 3.80. The monoisotopic (exact) mass is 316 g/mol. The van der Waals surface area contributed by atoms with E-state index in [-0.39, 0.29) is 0 Å². The fraction of sp³-hybridized carbons (Fsp3) is 0.133. The van der Waals surface area contributed by atoms with Gasteiger partial charge < -0.3 is 9.40 Å². The van der Waals surface area contributed by atoms with Gasteiger partial charge >= 0.3 is 0 Å². The van der Waals surface area contributed by atoms with Crippen LogP contribution in [0.2, 0.25) is 0 Å². The first-order valence-corrected chi connectivity index (χ1v) is 6.83. The highest BCUT2D eigenvalue weighted by molar-refractivity contribution is 9.10. The maximum atomic E-state index is 5.88. The standard InChI is InChI=1S/C15H13BrN2O/c1-9-10(2)18-15(17-9)14-8-7-13(19-14)11-5-3-4-6-12(11)16/h3-8H,1-2H3,(H,17,18). The van der Waals surface area contributed by atoms with Gasteiger partial charge in [0.05, 0.1) is 5.69 Å². The Morgan fingerprint density at radius 1 is 1.05 bits per heavy atom. The van der Waals surface area contributed by atoms with E-state index in [2.05, 4.69) is 25.9 Å². The highest BCUT2D eigenvalue weighted by Gasteiger charge is 2.12. The minimum absolute atomic E-state index is 0.752. The number of hydrogen-bond acceptors (Lipinski definition) is 2. The van der Waals surface area contributed by atoms with Gasteiger partial charge in [-0.3, -0.25) is 0 Å². The molecule has 0 aliphatic carbocycles. The van der Waals surface area contributed by atoms with Crippen LogP contribution in [-0.4, -0.2) is 9.97 Å². The van der Waals surface area contributed by atoms with Gasteiger partial charge in [0.1, 0.15) is 5.76 Å². The average Bonchev–Trinajstić information content (AvgIpc) is 2.98. The van der Waals surface area contributed by atoms with Crippen LogP contribution in [0.3, 0.4) is 0 Å². The number of halogens is 1. The van der Waals surface area contributed by atoms with Crippen LogP contribution in [0.4, 0.5) is 0 Å². The summed E-state index contributed by atoms with van der Waals surface area (Å²) in [6.45, 7) is 3.98. The summed E-state index contributed by atoms with van der Waals surface area (Å²) in [4.78, 5) is 7.67. The van der Waals surface area contributed by atoms with Gasteiger partial charge in [0.2, 0.25) is 0 Å². The minimum atomic E-state index is 0.752. The number of furan rings is 1. The van der Waals surface area contributed by atoms with E-state index in [4.69, 9.17) is 4.42 Å². The van der Waals surface area contributed by atoms with E-state index in [9.17, 15) is 0 Å². The Kier molecular flexibility index (Phi) is 3.03. The highest BCUT2D eigenvalue weighted by atomic mass is 79.9. The fourth-order valence-electron chi connectivity index (χ4n) is 1.94. The van der Waals surface area contributed by atoms with Gasteiger partial charge in [-0.05, 0) is 32.0 Å². The number of rotatable bonds is 2. The zero-order valence-electron chi connectivity index (χ0n) is 10.7. The van der Waals surface area contributed by atoms with Gasteiger partial charge in [-0.1, -0.05) is 34.1 Å².